The van der Waals surface area contributed by atoms with E-state index in [4.69, 9.17) is 0 Å². The first-order valence-electron chi connectivity index (χ1n) is 5.76. The Balaban J connectivity index is 2.62. The highest BCUT2D eigenvalue weighted by atomic mass is 16.1. The van der Waals surface area contributed by atoms with Crippen LogP contribution >= 0.6 is 0 Å². The zero-order valence-corrected chi connectivity index (χ0v) is 10.4. The van der Waals surface area contributed by atoms with Crippen LogP contribution in [0.25, 0.3) is 11.1 Å². The zero-order valence-electron chi connectivity index (χ0n) is 10.4. The van der Waals surface area contributed by atoms with Crippen molar-refractivity contribution in [3.05, 3.63) is 41.2 Å². The molecule has 2 rings (SSSR count). The fraction of sp³-hybridized carbons (Fsp3) is 0.286. The van der Waals surface area contributed by atoms with Gasteiger partial charge in [0.1, 0.15) is 0 Å². The zero-order chi connectivity index (χ0) is 12.4. The smallest absolute Gasteiger partial charge is 0.150 e. The number of aromatic nitrogens is 2. The third-order valence-electron chi connectivity index (χ3n) is 2.90. The summed E-state index contributed by atoms with van der Waals surface area (Å²) < 4.78 is 1.89. The molecule has 17 heavy (non-hydrogen) atoms. The van der Waals surface area contributed by atoms with Gasteiger partial charge in [-0.3, -0.25) is 9.48 Å². The van der Waals surface area contributed by atoms with Gasteiger partial charge >= 0.3 is 0 Å². The van der Waals surface area contributed by atoms with Crippen LogP contribution in [-0.4, -0.2) is 16.1 Å². The third kappa shape index (κ3) is 2.13. The van der Waals surface area contributed by atoms with E-state index < -0.39 is 0 Å². The van der Waals surface area contributed by atoms with Crippen molar-refractivity contribution in [2.24, 2.45) is 0 Å². The fourth-order valence-electron chi connectivity index (χ4n) is 1.95. The van der Waals surface area contributed by atoms with E-state index in [2.05, 4.69) is 5.10 Å². The summed E-state index contributed by atoms with van der Waals surface area (Å²) in [6.07, 6.45) is 2.90. The van der Waals surface area contributed by atoms with Gasteiger partial charge in [-0.15, -0.1) is 0 Å². The second-order valence-corrected chi connectivity index (χ2v) is 4.19. The van der Waals surface area contributed by atoms with Crippen molar-refractivity contribution in [1.29, 1.82) is 0 Å². The molecule has 0 saturated heterocycles. The standard InChI is InChI=1S/C14H16N2O/c1-4-16-8-14(11(3)15-16)13-7-10(2)5-6-12(13)9-17/h5-9H,4H2,1-3H3. The molecule has 0 bridgehead atoms. The Labute approximate surface area is 101 Å². The van der Waals surface area contributed by atoms with Crippen molar-refractivity contribution in [3.63, 3.8) is 0 Å². The van der Waals surface area contributed by atoms with E-state index in [0.717, 1.165) is 35.2 Å². The maximum Gasteiger partial charge on any atom is 0.150 e. The Bertz CT molecular complexity index is 555. The molecule has 1 heterocycles. The van der Waals surface area contributed by atoms with Gasteiger partial charge in [-0.05, 0) is 26.3 Å². The van der Waals surface area contributed by atoms with E-state index in [-0.39, 0.29) is 0 Å². The monoisotopic (exact) mass is 228 g/mol. The van der Waals surface area contributed by atoms with Gasteiger partial charge in [0.2, 0.25) is 0 Å². The maximum atomic E-state index is 11.1. The molecule has 0 N–H and O–H groups in total. The molecule has 0 aliphatic heterocycles. The first-order chi connectivity index (χ1) is 8.15. The molecule has 1 aromatic carbocycles. The van der Waals surface area contributed by atoms with Gasteiger partial charge in [-0.1, -0.05) is 23.8 Å². The van der Waals surface area contributed by atoms with Gasteiger partial charge in [0, 0.05) is 23.9 Å². The van der Waals surface area contributed by atoms with Crippen molar-refractivity contribution in [1.82, 2.24) is 9.78 Å². The van der Waals surface area contributed by atoms with Gasteiger partial charge in [-0.25, -0.2) is 0 Å². The van der Waals surface area contributed by atoms with Crippen molar-refractivity contribution >= 4 is 6.29 Å². The Morgan fingerprint density at radius 3 is 2.65 bits per heavy atom. The van der Waals surface area contributed by atoms with Crippen LogP contribution < -0.4 is 0 Å². The van der Waals surface area contributed by atoms with Gasteiger partial charge in [0.25, 0.3) is 0 Å². The minimum absolute atomic E-state index is 0.717. The minimum atomic E-state index is 0.717. The van der Waals surface area contributed by atoms with E-state index in [0.29, 0.717) is 5.56 Å². The van der Waals surface area contributed by atoms with E-state index in [1.807, 2.05) is 49.8 Å². The number of aryl methyl sites for hydroxylation is 3. The first-order valence-corrected chi connectivity index (χ1v) is 5.76. The largest absolute Gasteiger partial charge is 0.298 e. The lowest BCUT2D eigenvalue weighted by Crippen LogP contribution is -1.93. The van der Waals surface area contributed by atoms with Crippen LogP contribution in [0.5, 0.6) is 0 Å². The third-order valence-corrected chi connectivity index (χ3v) is 2.90. The van der Waals surface area contributed by atoms with E-state index in [1.54, 1.807) is 0 Å². The summed E-state index contributed by atoms with van der Waals surface area (Å²) in [5, 5.41) is 4.41. The minimum Gasteiger partial charge on any atom is -0.298 e. The summed E-state index contributed by atoms with van der Waals surface area (Å²) in [7, 11) is 0. The van der Waals surface area contributed by atoms with Crippen molar-refractivity contribution < 1.29 is 4.79 Å². The maximum absolute atomic E-state index is 11.1. The van der Waals surface area contributed by atoms with Gasteiger partial charge < -0.3 is 0 Å². The number of hydrogen-bond donors (Lipinski definition) is 0. The molecule has 3 heteroatoms. The molecule has 0 saturated carbocycles. The van der Waals surface area contributed by atoms with Gasteiger partial charge in [0.05, 0.1) is 5.69 Å². The number of aldehydes is 1. The Hall–Kier alpha value is -1.90. The highest BCUT2D eigenvalue weighted by molar-refractivity contribution is 5.88. The lowest BCUT2D eigenvalue weighted by molar-refractivity contribution is 0.112. The number of carbonyl (C=O) groups is 1. The number of nitrogens with zero attached hydrogens (tertiary/aromatic N) is 2. The van der Waals surface area contributed by atoms with Crippen molar-refractivity contribution in [3.8, 4) is 11.1 Å². The molecule has 2 aromatic rings. The molecule has 0 unspecified atom stereocenters. The lowest BCUT2D eigenvalue weighted by Gasteiger charge is -2.04. The molecule has 0 amide bonds. The first kappa shape index (κ1) is 11.6. The molecule has 0 atom stereocenters. The molecule has 88 valence electrons. The topological polar surface area (TPSA) is 34.9 Å². The van der Waals surface area contributed by atoms with Crippen LogP contribution in [0, 0.1) is 13.8 Å². The Morgan fingerprint density at radius 1 is 1.29 bits per heavy atom. The van der Waals surface area contributed by atoms with Crippen molar-refractivity contribution in [2.45, 2.75) is 27.3 Å². The fourth-order valence-corrected chi connectivity index (χ4v) is 1.95. The molecular formula is C14H16N2O. The molecule has 0 spiro atoms. The molecule has 0 fully saturated rings. The lowest BCUT2D eigenvalue weighted by atomic mass is 9.99. The molecule has 3 nitrogen and oxygen atoms in total. The SMILES string of the molecule is CCn1cc(-c2cc(C)ccc2C=O)c(C)n1. The van der Waals surface area contributed by atoms with Crippen molar-refractivity contribution in [2.75, 3.05) is 0 Å². The van der Waals surface area contributed by atoms with E-state index in [9.17, 15) is 4.79 Å². The molecule has 0 aliphatic rings. The van der Waals surface area contributed by atoms with Crippen LogP contribution in [0.1, 0.15) is 28.5 Å². The van der Waals surface area contributed by atoms with E-state index >= 15 is 0 Å². The predicted molar refractivity (Wildman–Crippen MR) is 68.2 cm³/mol. The summed E-state index contributed by atoms with van der Waals surface area (Å²) in [5.74, 6) is 0. The summed E-state index contributed by atoms with van der Waals surface area (Å²) >= 11 is 0. The Morgan fingerprint density at radius 2 is 2.06 bits per heavy atom. The predicted octanol–water partition coefficient (Wildman–Crippen LogP) is 3.00. The number of benzene rings is 1. The normalized spacial score (nSPS) is 10.5. The molecule has 0 radical (unpaired) electrons. The van der Waals surface area contributed by atoms with Crippen LogP contribution in [0.15, 0.2) is 24.4 Å². The van der Waals surface area contributed by atoms with Crippen LogP contribution in [0.2, 0.25) is 0 Å². The van der Waals surface area contributed by atoms with Gasteiger partial charge in [-0.2, -0.15) is 5.10 Å². The summed E-state index contributed by atoms with van der Waals surface area (Å²) in [6.45, 7) is 6.88. The van der Waals surface area contributed by atoms with Crippen LogP contribution in [0.3, 0.4) is 0 Å². The summed E-state index contributed by atoms with van der Waals surface area (Å²) in [5.41, 5.74) is 4.83. The number of carbonyl (C=O) groups excluding carboxylic acids is 1. The molecular weight excluding hydrogens is 212 g/mol. The second kappa shape index (κ2) is 4.53. The quantitative estimate of drug-likeness (QED) is 0.757. The highest BCUT2D eigenvalue weighted by Crippen LogP contribution is 2.26. The van der Waals surface area contributed by atoms with Gasteiger partial charge in [0.15, 0.2) is 6.29 Å². The second-order valence-electron chi connectivity index (χ2n) is 4.19. The Kier molecular flexibility index (Phi) is 3.09. The average molecular weight is 228 g/mol. The summed E-state index contributed by atoms with van der Waals surface area (Å²) in [4.78, 5) is 11.1. The number of hydrogen-bond acceptors (Lipinski definition) is 2. The van der Waals surface area contributed by atoms with Crippen LogP contribution in [-0.2, 0) is 6.54 Å². The average Bonchev–Trinajstić information content (AvgIpc) is 2.70. The van der Waals surface area contributed by atoms with Crippen LogP contribution in [0.4, 0.5) is 0 Å². The molecule has 0 aliphatic carbocycles. The number of rotatable bonds is 3. The molecule has 1 aromatic heterocycles. The van der Waals surface area contributed by atoms with E-state index in [1.165, 1.54) is 0 Å². The highest BCUT2D eigenvalue weighted by Gasteiger charge is 2.11. The summed E-state index contributed by atoms with van der Waals surface area (Å²) in [6, 6.07) is 5.85.